The number of unbranched alkanes of at least 4 members (excludes halogenated alkanes) is 2. The Morgan fingerprint density at radius 3 is 2.17 bits per heavy atom. The molecule has 40 heavy (non-hydrogen) atoms. The van der Waals surface area contributed by atoms with Crippen LogP contribution in [-0.2, 0) is 16.0 Å². The van der Waals surface area contributed by atoms with Gasteiger partial charge in [-0.3, -0.25) is 0 Å². The summed E-state index contributed by atoms with van der Waals surface area (Å²) in [4.78, 5) is 25.6. The van der Waals surface area contributed by atoms with Crippen molar-refractivity contribution in [3.8, 4) is 17.2 Å². The van der Waals surface area contributed by atoms with Crippen LogP contribution >= 0.6 is 11.8 Å². The van der Waals surface area contributed by atoms with Crippen molar-refractivity contribution >= 4 is 23.8 Å². The molecule has 2 rings (SSSR count). The standard InChI is InChI=1S/C28H36F3NO7S/c1-3-5-6-18-40-19-16-32(27(35)38-23-11-13-24(14-12-23)39-28(29,30)31)15-17-37-22-9-7-21(8-10-22)20-25(26(33)34)36-4-2/h7-14,25H,3-6,15-20H2,1-2H3,(H,33,34). The van der Waals surface area contributed by atoms with Gasteiger partial charge in [0.2, 0.25) is 0 Å². The van der Waals surface area contributed by atoms with Gasteiger partial charge in [0, 0.05) is 25.3 Å². The third-order valence-electron chi connectivity index (χ3n) is 5.54. The summed E-state index contributed by atoms with van der Waals surface area (Å²) in [5.74, 6) is 0.868. The van der Waals surface area contributed by atoms with E-state index in [-0.39, 0.29) is 25.3 Å². The maximum absolute atomic E-state index is 12.9. The number of amides is 1. The summed E-state index contributed by atoms with van der Waals surface area (Å²) in [6.45, 7) is 4.96. The normalized spacial score (nSPS) is 12.0. The number of hydrogen-bond acceptors (Lipinski definition) is 7. The molecule has 1 amide bonds. The molecular formula is C28H36F3NO7S. The molecule has 0 radical (unpaired) electrons. The highest BCUT2D eigenvalue weighted by molar-refractivity contribution is 7.99. The zero-order valence-electron chi connectivity index (χ0n) is 22.7. The van der Waals surface area contributed by atoms with E-state index in [1.807, 2.05) is 0 Å². The summed E-state index contributed by atoms with van der Waals surface area (Å²) < 4.78 is 57.4. The second-order valence-corrected chi connectivity index (χ2v) is 9.90. The van der Waals surface area contributed by atoms with Gasteiger partial charge in [0.05, 0.1) is 6.54 Å². The number of ether oxygens (including phenoxy) is 4. The molecule has 0 bridgehead atoms. The second kappa shape index (κ2) is 17.5. The maximum atomic E-state index is 12.9. The molecular weight excluding hydrogens is 551 g/mol. The molecule has 0 aliphatic heterocycles. The highest BCUT2D eigenvalue weighted by atomic mass is 32.2. The number of nitrogens with zero attached hydrogens (tertiary/aromatic N) is 1. The monoisotopic (exact) mass is 587 g/mol. The van der Waals surface area contributed by atoms with Gasteiger partial charge in [-0.2, -0.15) is 11.8 Å². The molecule has 0 aromatic heterocycles. The minimum atomic E-state index is -4.81. The number of carbonyl (C=O) groups excluding carboxylic acids is 1. The van der Waals surface area contributed by atoms with Gasteiger partial charge in [-0.05, 0) is 61.1 Å². The number of halogens is 3. The summed E-state index contributed by atoms with van der Waals surface area (Å²) in [6.07, 6.45) is -2.80. The molecule has 0 saturated heterocycles. The molecule has 0 saturated carbocycles. The Balaban J connectivity index is 1.93. The van der Waals surface area contributed by atoms with E-state index in [1.54, 1.807) is 43.0 Å². The van der Waals surface area contributed by atoms with Crippen LogP contribution in [0.1, 0.15) is 38.7 Å². The molecule has 12 heteroatoms. The van der Waals surface area contributed by atoms with Crippen molar-refractivity contribution in [2.75, 3.05) is 37.8 Å². The summed E-state index contributed by atoms with van der Waals surface area (Å²) in [7, 11) is 0. The van der Waals surface area contributed by atoms with Gasteiger partial charge in [0.15, 0.2) is 6.10 Å². The van der Waals surface area contributed by atoms with Crippen molar-refractivity contribution < 1.29 is 46.8 Å². The van der Waals surface area contributed by atoms with Crippen molar-refractivity contribution in [3.63, 3.8) is 0 Å². The van der Waals surface area contributed by atoms with Crippen molar-refractivity contribution in [1.29, 1.82) is 0 Å². The Bertz CT molecular complexity index is 1020. The fraction of sp³-hybridized carbons (Fsp3) is 0.500. The number of carboxylic acids is 1. The zero-order valence-corrected chi connectivity index (χ0v) is 23.5. The third kappa shape index (κ3) is 13.3. The van der Waals surface area contributed by atoms with Crippen molar-refractivity contribution in [2.45, 2.75) is 52.0 Å². The first-order valence-electron chi connectivity index (χ1n) is 13.1. The molecule has 222 valence electrons. The quantitative estimate of drug-likeness (QED) is 0.200. The molecule has 2 aromatic carbocycles. The average molecular weight is 588 g/mol. The van der Waals surface area contributed by atoms with Crippen LogP contribution in [0.2, 0.25) is 0 Å². The van der Waals surface area contributed by atoms with E-state index in [0.29, 0.717) is 24.7 Å². The first-order chi connectivity index (χ1) is 19.1. The van der Waals surface area contributed by atoms with Crippen LogP contribution in [0.15, 0.2) is 48.5 Å². The lowest BCUT2D eigenvalue weighted by atomic mass is 10.1. The number of rotatable bonds is 18. The number of alkyl halides is 3. The summed E-state index contributed by atoms with van der Waals surface area (Å²) in [5.41, 5.74) is 0.783. The molecule has 0 aliphatic carbocycles. The fourth-order valence-electron chi connectivity index (χ4n) is 3.53. The zero-order chi connectivity index (χ0) is 29.4. The Morgan fingerprint density at radius 2 is 1.57 bits per heavy atom. The Morgan fingerprint density at radius 1 is 0.925 bits per heavy atom. The minimum Gasteiger partial charge on any atom is -0.492 e. The van der Waals surface area contributed by atoms with Crippen LogP contribution in [0.5, 0.6) is 17.2 Å². The molecule has 8 nitrogen and oxygen atoms in total. The highest BCUT2D eigenvalue weighted by Crippen LogP contribution is 2.25. The van der Waals surface area contributed by atoms with Crippen LogP contribution in [0.3, 0.4) is 0 Å². The van der Waals surface area contributed by atoms with E-state index in [9.17, 15) is 27.9 Å². The summed E-state index contributed by atoms with van der Waals surface area (Å²) >= 11 is 1.73. The number of carbonyl (C=O) groups is 2. The predicted molar refractivity (Wildman–Crippen MR) is 146 cm³/mol. The van der Waals surface area contributed by atoms with Crippen LogP contribution in [-0.4, -0.2) is 72.3 Å². The summed E-state index contributed by atoms with van der Waals surface area (Å²) in [5, 5.41) is 9.25. The van der Waals surface area contributed by atoms with E-state index in [0.717, 1.165) is 42.7 Å². The highest BCUT2D eigenvalue weighted by Gasteiger charge is 2.31. The molecule has 0 heterocycles. The van der Waals surface area contributed by atoms with Crippen LogP contribution in [0.4, 0.5) is 18.0 Å². The first kappa shape index (κ1) is 33.1. The predicted octanol–water partition coefficient (Wildman–Crippen LogP) is 6.42. The Kier molecular flexibility index (Phi) is 14.5. The summed E-state index contributed by atoms with van der Waals surface area (Å²) in [6, 6.07) is 11.6. The lowest BCUT2D eigenvalue weighted by Gasteiger charge is -2.22. The van der Waals surface area contributed by atoms with Crippen LogP contribution < -0.4 is 14.2 Å². The topological polar surface area (TPSA) is 94.5 Å². The van der Waals surface area contributed by atoms with E-state index in [1.165, 1.54) is 17.0 Å². The van der Waals surface area contributed by atoms with Gasteiger partial charge in [-0.25, -0.2) is 9.59 Å². The van der Waals surface area contributed by atoms with Crippen molar-refractivity contribution in [3.05, 3.63) is 54.1 Å². The van der Waals surface area contributed by atoms with Gasteiger partial charge in [-0.1, -0.05) is 31.9 Å². The van der Waals surface area contributed by atoms with Gasteiger partial charge in [-0.15, -0.1) is 13.2 Å². The van der Waals surface area contributed by atoms with Gasteiger partial charge >= 0.3 is 18.4 Å². The number of benzene rings is 2. The Hall–Kier alpha value is -3.12. The second-order valence-electron chi connectivity index (χ2n) is 8.67. The lowest BCUT2D eigenvalue weighted by Crippen LogP contribution is -2.38. The molecule has 1 atom stereocenters. The SMILES string of the molecule is CCCCCSCCN(CCOc1ccc(CC(OCC)C(=O)O)cc1)C(=O)Oc1ccc(OC(F)(F)F)cc1. The van der Waals surface area contributed by atoms with Crippen LogP contribution in [0, 0.1) is 0 Å². The number of carboxylic acid groups (broad SMARTS) is 1. The van der Waals surface area contributed by atoms with Crippen LogP contribution in [0.25, 0.3) is 0 Å². The smallest absolute Gasteiger partial charge is 0.492 e. The molecule has 0 spiro atoms. The first-order valence-corrected chi connectivity index (χ1v) is 14.2. The van der Waals surface area contributed by atoms with Gasteiger partial charge in [0.1, 0.15) is 23.9 Å². The van der Waals surface area contributed by atoms with Gasteiger partial charge in [0.25, 0.3) is 0 Å². The molecule has 0 aliphatic rings. The van der Waals surface area contributed by atoms with Crippen molar-refractivity contribution in [1.82, 2.24) is 4.90 Å². The van der Waals surface area contributed by atoms with Crippen molar-refractivity contribution in [2.24, 2.45) is 0 Å². The maximum Gasteiger partial charge on any atom is 0.573 e. The van der Waals surface area contributed by atoms with E-state index in [2.05, 4.69) is 11.7 Å². The number of aliphatic carboxylic acids is 1. The Labute approximate surface area is 236 Å². The largest absolute Gasteiger partial charge is 0.573 e. The number of thioether (sulfide) groups is 1. The molecule has 1 unspecified atom stereocenters. The molecule has 1 N–H and O–H groups in total. The van der Waals surface area contributed by atoms with E-state index >= 15 is 0 Å². The third-order valence-corrected chi connectivity index (χ3v) is 6.58. The fourth-order valence-corrected chi connectivity index (χ4v) is 4.49. The van der Waals surface area contributed by atoms with E-state index in [4.69, 9.17) is 14.2 Å². The van der Waals surface area contributed by atoms with Gasteiger partial charge < -0.3 is 29.0 Å². The lowest BCUT2D eigenvalue weighted by molar-refractivity contribution is -0.274. The average Bonchev–Trinajstić information content (AvgIpc) is 2.90. The number of hydrogen-bond donors (Lipinski definition) is 1. The minimum absolute atomic E-state index is 0.0864. The van der Waals surface area contributed by atoms with E-state index < -0.39 is 30.3 Å². The molecule has 2 aromatic rings. The molecule has 0 fully saturated rings.